The predicted octanol–water partition coefficient (Wildman–Crippen LogP) is 2.27. The van der Waals surface area contributed by atoms with Gasteiger partial charge in [-0.2, -0.15) is 0 Å². The molecule has 31 heavy (non-hydrogen) atoms. The minimum atomic E-state index is -3.04. The van der Waals surface area contributed by atoms with Crippen molar-refractivity contribution in [2.75, 3.05) is 51.0 Å². The molecule has 1 aliphatic heterocycles. The van der Waals surface area contributed by atoms with Gasteiger partial charge in [0.1, 0.15) is 6.33 Å². The van der Waals surface area contributed by atoms with Crippen LogP contribution in [-0.4, -0.2) is 74.4 Å². The van der Waals surface area contributed by atoms with Gasteiger partial charge in [-0.15, -0.1) is 0 Å². The van der Waals surface area contributed by atoms with Gasteiger partial charge in [-0.25, -0.2) is 18.4 Å². The topological polar surface area (TPSA) is 91.4 Å². The van der Waals surface area contributed by atoms with Crippen LogP contribution in [-0.2, 0) is 22.0 Å². The predicted molar refractivity (Wildman–Crippen MR) is 122 cm³/mol. The quantitative estimate of drug-likeness (QED) is 0.571. The van der Waals surface area contributed by atoms with Crippen molar-refractivity contribution in [2.45, 2.75) is 18.6 Å². The van der Waals surface area contributed by atoms with Gasteiger partial charge >= 0.3 is 0 Å². The number of nitrogens with one attached hydrogen (secondary N) is 1. The van der Waals surface area contributed by atoms with Crippen LogP contribution in [0.15, 0.2) is 36.9 Å². The van der Waals surface area contributed by atoms with Gasteiger partial charge in [0.25, 0.3) is 0 Å². The molecule has 9 heteroatoms. The Morgan fingerprint density at radius 1 is 1.19 bits per heavy atom. The number of ether oxygens (including phenoxy) is 1. The van der Waals surface area contributed by atoms with Crippen molar-refractivity contribution in [1.29, 1.82) is 0 Å². The van der Waals surface area contributed by atoms with Crippen LogP contribution in [0.5, 0.6) is 5.75 Å². The number of nitrogens with zero attached hydrogens (tertiary/aromatic N) is 4. The molecule has 8 nitrogen and oxygen atoms in total. The summed E-state index contributed by atoms with van der Waals surface area (Å²) in [7, 11) is -1.39. The second kappa shape index (κ2) is 9.23. The Morgan fingerprint density at radius 3 is 2.74 bits per heavy atom. The maximum absolute atomic E-state index is 11.6. The number of methoxy groups -OCH3 is 1. The lowest BCUT2D eigenvalue weighted by Gasteiger charge is -2.35. The molecule has 1 aromatic carbocycles. The number of hydrogen-bond donors (Lipinski definition) is 1. The number of rotatable bonds is 8. The first-order valence-electron chi connectivity index (χ1n) is 10.5. The Balaban J connectivity index is 1.31. The molecule has 0 saturated carbocycles. The van der Waals surface area contributed by atoms with Gasteiger partial charge in [0.15, 0.2) is 21.4 Å². The molecule has 0 spiro atoms. The van der Waals surface area contributed by atoms with E-state index in [1.54, 1.807) is 19.6 Å². The molecule has 1 fully saturated rings. The number of fused-ring (bicyclic) bond motifs is 1. The lowest BCUT2D eigenvalue weighted by molar-refractivity contribution is 0.253. The van der Waals surface area contributed by atoms with E-state index in [1.165, 1.54) is 11.8 Å². The minimum absolute atomic E-state index is 0.0783. The summed E-state index contributed by atoms with van der Waals surface area (Å²) < 4.78 is 28.6. The first-order valence-corrected chi connectivity index (χ1v) is 12.6. The van der Waals surface area contributed by atoms with Crippen molar-refractivity contribution in [3.63, 3.8) is 0 Å². The molecule has 1 aliphatic rings. The van der Waals surface area contributed by atoms with E-state index in [0.29, 0.717) is 5.75 Å². The summed E-state index contributed by atoms with van der Waals surface area (Å²) in [6.45, 7) is 4.83. The van der Waals surface area contributed by atoms with Crippen LogP contribution in [0, 0.1) is 0 Å². The maximum Gasteiger partial charge on any atom is 0.179 e. The van der Waals surface area contributed by atoms with Crippen LogP contribution in [0.3, 0.4) is 0 Å². The van der Waals surface area contributed by atoms with E-state index in [0.717, 1.165) is 67.8 Å². The number of piperazine rings is 1. The molecule has 0 radical (unpaired) electrons. The molecule has 3 aromatic rings. The van der Waals surface area contributed by atoms with Crippen LogP contribution in [0.2, 0.25) is 0 Å². The molecule has 0 unspecified atom stereocenters. The number of aryl methyl sites for hydroxylation is 1. The highest BCUT2D eigenvalue weighted by Gasteiger charge is 2.20. The third-order valence-electron chi connectivity index (χ3n) is 5.73. The van der Waals surface area contributed by atoms with Gasteiger partial charge in [-0.05, 0) is 42.6 Å². The van der Waals surface area contributed by atoms with E-state index in [-0.39, 0.29) is 5.75 Å². The number of anilines is 1. The molecule has 0 atom stereocenters. The van der Waals surface area contributed by atoms with Gasteiger partial charge in [-0.3, -0.25) is 4.90 Å². The fourth-order valence-corrected chi connectivity index (χ4v) is 4.98. The van der Waals surface area contributed by atoms with Crippen LogP contribution in [0.4, 0.5) is 5.82 Å². The summed E-state index contributed by atoms with van der Waals surface area (Å²) >= 11 is 0. The van der Waals surface area contributed by atoms with Crippen molar-refractivity contribution in [2.24, 2.45) is 0 Å². The van der Waals surface area contributed by atoms with Crippen LogP contribution in [0.1, 0.15) is 17.5 Å². The van der Waals surface area contributed by atoms with Gasteiger partial charge in [-0.1, -0.05) is 6.07 Å². The zero-order valence-corrected chi connectivity index (χ0v) is 18.9. The SMILES string of the molecule is COc1cncnc1N1CCN(CCCc2c[nH]c3ccc(CS(C)(=O)=O)cc23)CC1. The number of aromatic amines is 1. The van der Waals surface area contributed by atoms with Crippen molar-refractivity contribution in [3.05, 3.63) is 48.0 Å². The van der Waals surface area contributed by atoms with Crippen molar-refractivity contribution < 1.29 is 13.2 Å². The Kier molecular flexibility index (Phi) is 6.43. The van der Waals surface area contributed by atoms with E-state index >= 15 is 0 Å². The number of hydrogen-bond acceptors (Lipinski definition) is 7. The van der Waals surface area contributed by atoms with E-state index in [2.05, 4.69) is 24.8 Å². The van der Waals surface area contributed by atoms with Crippen LogP contribution in [0.25, 0.3) is 10.9 Å². The molecule has 166 valence electrons. The average molecular weight is 444 g/mol. The van der Waals surface area contributed by atoms with Gasteiger partial charge in [0.05, 0.1) is 19.1 Å². The monoisotopic (exact) mass is 443 g/mol. The normalized spacial score (nSPS) is 15.5. The molecule has 3 heterocycles. The summed E-state index contributed by atoms with van der Waals surface area (Å²) in [5, 5.41) is 1.13. The van der Waals surface area contributed by atoms with Crippen molar-refractivity contribution >= 4 is 26.6 Å². The third kappa shape index (κ3) is 5.34. The number of aromatic nitrogens is 3. The largest absolute Gasteiger partial charge is 0.491 e. The molecular weight excluding hydrogens is 414 g/mol. The average Bonchev–Trinajstić information content (AvgIpc) is 3.15. The zero-order valence-electron chi connectivity index (χ0n) is 18.0. The lowest BCUT2D eigenvalue weighted by atomic mass is 10.1. The highest BCUT2D eigenvalue weighted by Crippen LogP contribution is 2.25. The summed E-state index contributed by atoms with van der Waals surface area (Å²) in [4.78, 5) is 16.5. The zero-order chi connectivity index (χ0) is 21.8. The summed E-state index contributed by atoms with van der Waals surface area (Å²) in [6.07, 6.45) is 8.61. The van der Waals surface area contributed by atoms with Crippen molar-refractivity contribution in [3.8, 4) is 5.75 Å². The molecule has 0 amide bonds. The fraction of sp³-hybridized carbons (Fsp3) is 0.455. The third-order valence-corrected chi connectivity index (χ3v) is 6.59. The lowest BCUT2D eigenvalue weighted by Crippen LogP contribution is -2.47. The van der Waals surface area contributed by atoms with E-state index in [1.807, 2.05) is 24.4 Å². The maximum atomic E-state index is 11.6. The van der Waals surface area contributed by atoms with E-state index < -0.39 is 9.84 Å². The number of H-pyrrole nitrogens is 1. The molecule has 1 saturated heterocycles. The Bertz CT molecular complexity index is 1140. The Morgan fingerprint density at radius 2 is 2.00 bits per heavy atom. The molecule has 0 bridgehead atoms. The van der Waals surface area contributed by atoms with Gasteiger partial charge in [0.2, 0.25) is 0 Å². The highest BCUT2D eigenvalue weighted by atomic mass is 32.2. The molecule has 4 rings (SSSR count). The van der Waals surface area contributed by atoms with Gasteiger partial charge < -0.3 is 14.6 Å². The molecular formula is C22H29N5O3S. The van der Waals surface area contributed by atoms with E-state index in [9.17, 15) is 8.42 Å². The first-order chi connectivity index (χ1) is 14.9. The van der Waals surface area contributed by atoms with Crippen LogP contribution < -0.4 is 9.64 Å². The number of benzene rings is 1. The molecule has 0 aliphatic carbocycles. The second-order valence-corrected chi connectivity index (χ2v) is 10.3. The summed E-state index contributed by atoms with van der Waals surface area (Å²) in [5.41, 5.74) is 3.14. The smallest absolute Gasteiger partial charge is 0.179 e. The van der Waals surface area contributed by atoms with Crippen molar-refractivity contribution in [1.82, 2.24) is 19.9 Å². The van der Waals surface area contributed by atoms with Crippen LogP contribution >= 0.6 is 0 Å². The first kappa shape index (κ1) is 21.6. The van der Waals surface area contributed by atoms with E-state index in [4.69, 9.17) is 4.74 Å². The van der Waals surface area contributed by atoms with Gasteiger partial charge in [0, 0.05) is 49.5 Å². The Hall–Kier alpha value is -2.65. The molecule has 2 aromatic heterocycles. The Labute approximate surface area is 183 Å². The highest BCUT2D eigenvalue weighted by molar-refractivity contribution is 7.89. The summed E-state index contributed by atoms with van der Waals surface area (Å²) in [6, 6.07) is 5.87. The summed E-state index contributed by atoms with van der Waals surface area (Å²) in [5.74, 6) is 1.65. The number of sulfone groups is 1. The fourth-order valence-electron chi connectivity index (χ4n) is 4.19. The molecule has 1 N–H and O–H groups in total. The second-order valence-electron chi connectivity index (χ2n) is 8.11. The standard InChI is InChI=1S/C22H29N5O3S/c1-30-21-14-23-16-25-22(21)27-10-8-26(9-11-27)7-3-4-18-13-24-20-6-5-17(12-19(18)20)15-31(2,28)29/h5-6,12-14,16,24H,3-4,7-11,15H2,1-2H3. The minimum Gasteiger partial charge on any atom is -0.491 e.